The maximum atomic E-state index is 11.9. The number of aryl methyl sites for hydroxylation is 2. The van der Waals surface area contributed by atoms with Crippen molar-refractivity contribution < 1.29 is 6.11 Å². The van der Waals surface area contributed by atoms with Gasteiger partial charge in [-0.2, -0.15) is 4.68 Å². The average Bonchev–Trinajstić information content (AvgIpc) is 3.11. The molecule has 0 saturated heterocycles. The molecule has 0 aliphatic rings. The molecule has 0 N–H and O–H groups in total. The third-order valence-corrected chi connectivity index (χ3v) is 3.18. The van der Waals surface area contributed by atoms with E-state index in [1.165, 1.54) is 23.1 Å². The highest BCUT2D eigenvalue weighted by atomic mass is 32.1. The van der Waals surface area contributed by atoms with Gasteiger partial charge in [0.15, 0.2) is 0 Å². The summed E-state index contributed by atoms with van der Waals surface area (Å²) < 4.78 is 16.4. The van der Waals surface area contributed by atoms with Crippen molar-refractivity contribution in [2.75, 3.05) is 0 Å². The highest BCUT2D eigenvalue weighted by Crippen LogP contribution is 2.16. The maximum Gasteiger partial charge on any atom is 0.369 e. The second-order valence-electron chi connectivity index (χ2n) is 3.81. The first-order chi connectivity index (χ1) is 10.1. The monoisotopic (exact) mass is 296 g/mol. The average molecular weight is 296 g/mol. The lowest BCUT2D eigenvalue weighted by Crippen LogP contribution is -2.23. The second kappa shape index (κ2) is 4.85. The van der Waals surface area contributed by atoms with Crippen LogP contribution in [0.25, 0.3) is 5.82 Å². The fraction of sp³-hybridized carbons (Fsp3) is 0.333. The highest BCUT2D eigenvalue weighted by molar-refractivity contribution is 7.11. The van der Waals surface area contributed by atoms with Crippen molar-refractivity contribution in [2.45, 2.75) is 6.61 Å². The Hall–Kier alpha value is -2.56. The van der Waals surface area contributed by atoms with Crippen LogP contribution in [0, 0.1) is 0 Å². The van der Waals surface area contributed by atoms with Gasteiger partial charge in [-0.1, -0.05) is 16.6 Å². The summed E-state index contributed by atoms with van der Waals surface area (Å²) >= 11 is 1.21. The summed E-state index contributed by atoms with van der Waals surface area (Å²) in [6.45, 7) is 0.0921. The SMILES string of the molecule is [3H]c1csc(OCc2c(-n3nnn(C)c3=O)nnn2C)n1. The number of nitrogens with zero attached hydrogens (tertiary/aromatic N) is 8. The summed E-state index contributed by atoms with van der Waals surface area (Å²) in [5.74, 6) is 0.248. The van der Waals surface area contributed by atoms with Gasteiger partial charge < -0.3 is 4.74 Å². The van der Waals surface area contributed by atoms with Crippen LogP contribution in [0.3, 0.4) is 0 Å². The third-order valence-electron chi connectivity index (χ3n) is 2.55. The van der Waals surface area contributed by atoms with E-state index in [1.807, 2.05) is 0 Å². The summed E-state index contributed by atoms with van der Waals surface area (Å²) in [6.07, 6.45) is 0.142. The molecular weight excluding hydrogens is 284 g/mol. The van der Waals surface area contributed by atoms with Gasteiger partial charge in [0, 0.05) is 25.6 Å². The Bertz CT molecular complexity index is 833. The van der Waals surface area contributed by atoms with Crippen LogP contribution in [0.15, 0.2) is 16.3 Å². The Morgan fingerprint density at radius 2 is 2.20 bits per heavy atom. The van der Waals surface area contributed by atoms with E-state index in [-0.39, 0.29) is 18.6 Å². The van der Waals surface area contributed by atoms with Crippen LogP contribution in [-0.4, -0.2) is 39.8 Å². The molecule has 0 aromatic carbocycles. The van der Waals surface area contributed by atoms with E-state index in [0.29, 0.717) is 10.9 Å². The lowest BCUT2D eigenvalue weighted by atomic mass is 10.4. The molecule has 3 rings (SSSR count). The lowest BCUT2D eigenvalue weighted by Gasteiger charge is -2.03. The molecule has 20 heavy (non-hydrogen) atoms. The Kier molecular flexibility index (Phi) is 2.73. The number of rotatable bonds is 4. The van der Waals surface area contributed by atoms with Gasteiger partial charge >= 0.3 is 5.69 Å². The molecule has 0 bridgehead atoms. The van der Waals surface area contributed by atoms with Crippen LogP contribution in [0.5, 0.6) is 5.19 Å². The Morgan fingerprint density at radius 1 is 1.35 bits per heavy atom. The zero-order chi connectivity index (χ0) is 15.0. The van der Waals surface area contributed by atoms with Crippen molar-refractivity contribution in [2.24, 2.45) is 14.1 Å². The van der Waals surface area contributed by atoms with Gasteiger partial charge in [-0.3, -0.25) is 0 Å². The third kappa shape index (κ3) is 2.07. The molecule has 3 aromatic heterocycles. The Morgan fingerprint density at radius 3 is 2.85 bits per heavy atom. The predicted octanol–water partition coefficient (Wildman–Crippen LogP) is -0.870. The molecule has 0 aliphatic heterocycles. The quantitative estimate of drug-likeness (QED) is 0.616. The summed E-state index contributed by atoms with van der Waals surface area (Å²) in [7, 11) is 3.16. The van der Waals surface area contributed by atoms with Crippen molar-refractivity contribution in [3.05, 3.63) is 27.7 Å². The van der Waals surface area contributed by atoms with E-state index in [0.717, 1.165) is 9.36 Å². The van der Waals surface area contributed by atoms with Crippen LogP contribution in [0.1, 0.15) is 7.06 Å². The Labute approximate surface area is 117 Å². The van der Waals surface area contributed by atoms with E-state index in [4.69, 9.17) is 6.11 Å². The van der Waals surface area contributed by atoms with Gasteiger partial charge in [0.1, 0.15) is 12.3 Å². The molecule has 0 amide bonds. The summed E-state index contributed by atoms with van der Waals surface area (Å²) in [5, 5.41) is 17.0. The maximum absolute atomic E-state index is 11.9. The molecule has 3 aromatic rings. The molecule has 0 spiro atoms. The molecule has 0 unspecified atom stereocenters. The van der Waals surface area contributed by atoms with Crippen LogP contribution >= 0.6 is 11.3 Å². The molecule has 0 saturated carbocycles. The standard InChI is InChI=1S/C9H10N8O2S/c1-15-6(5-19-8-10-3-4-20-8)7(11-12-15)17-9(18)16(2)13-14-17/h3-4H,5H2,1-2H3/i3T. The van der Waals surface area contributed by atoms with Crippen molar-refractivity contribution in [1.29, 1.82) is 0 Å². The minimum Gasteiger partial charge on any atom is -0.463 e. The zero-order valence-electron chi connectivity index (χ0n) is 11.6. The molecular formula is C9H10N8O2S. The fourth-order valence-corrected chi connectivity index (χ4v) is 1.95. The molecule has 0 radical (unpaired) electrons. The Balaban J connectivity index is 1.90. The van der Waals surface area contributed by atoms with Crippen LogP contribution in [0.2, 0.25) is 0 Å². The predicted molar refractivity (Wildman–Crippen MR) is 67.6 cm³/mol. The smallest absolute Gasteiger partial charge is 0.369 e. The molecule has 104 valence electrons. The van der Waals surface area contributed by atoms with Gasteiger partial charge in [-0.05, 0) is 10.4 Å². The van der Waals surface area contributed by atoms with Gasteiger partial charge in [0.05, 0.1) is 1.37 Å². The van der Waals surface area contributed by atoms with E-state index in [2.05, 4.69) is 25.7 Å². The molecule has 0 aliphatic carbocycles. The van der Waals surface area contributed by atoms with Crippen molar-refractivity contribution in [3.63, 3.8) is 0 Å². The zero-order valence-corrected chi connectivity index (χ0v) is 11.4. The van der Waals surface area contributed by atoms with Gasteiger partial charge in [0.25, 0.3) is 5.19 Å². The normalized spacial score (nSPS) is 11.6. The summed E-state index contributed by atoms with van der Waals surface area (Å²) in [6, 6.07) is 0. The number of hydrogen-bond donors (Lipinski definition) is 0. The lowest BCUT2D eigenvalue weighted by molar-refractivity contribution is 0.292. The number of hydrogen-bond acceptors (Lipinski definition) is 8. The van der Waals surface area contributed by atoms with Crippen molar-refractivity contribution in [1.82, 2.24) is 39.8 Å². The van der Waals surface area contributed by atoms with Crippen LogP contribution in [-0.2, 0) is 20.7 Å². The van der Waals surface area contributed by atoms with Crippen molar-refractivity contribution >= 4 is 11.3 Å². The summed E-state index contributed by atoms with van der Waals surface area (Å²) in [4.78, 5) is 15.7. The van der Waals surface area contributed by atoms with Crippen LogP contribution < -0.4 is 10.4 Å². The topological polar surface area (TPSA) is 106 Å². The fourth-order valence-electron chi connectivity index (χ4n) is 1.51. The van der Waals surface area contributed by atoms with E-state index < -0.39 is 5.69 Å². The molecule has 10 nitrogen and oxygen atoms in total. The minimum absolute atomic E-state index is 0.0921. The molecule has 11 heteroatoms. The second-order valence-corrected chi connectivity index (χ2v) is 4.63. The number of aromatic nitrogens is 8. The largest absolute Gasteiger partial charge is 0.463 e. The van der Waals surface area contributed by atoms with Gasteiger partial charge in [-0.25, -0.2) is 14.5 Å². The summed E-state index contributed by atoms with van der Waals surface area (Å²) in [5.41, 5.74) is 0.110. The van der Waals surface area contributed by atoms with Crippen molar-refractivity contribution in [3.8, 4) is 11.0 Å². The first kappa shape index (κ1) is 11.3. The van der Waals surface area contributed by atoms with Crippen LogP contribution in [0.4, 0.5) is 0 Å². The first-order valence-corrected chi connectivity index (χ1v) is 6.37. The van der Waals surface area contributed by atoms with E-state index >= 15 is 0 Å². The van der Waals surface area contributed by atoms with Gasteiger partial charge in [-0.15, -0.1) is 9.78 Å². The number of tetrazole rings is 1. The minimum atomic E-state index is -0.431. The number of thiazole rings is 1. The van der Waals surface area contributed by atoms with Gasteiger partial charge in [0.2, 0.25) is 5.82 Å². The van der Waals surface area contributed by atoms with E-state index in [9.17, 15) is 4.79 Å². The number of ether oxygens (including phenoxy) is 1. The molecule has 0 atom stereocenters. The first-order valence-electron chi connectivity index (χ1n) is 5.99. The highest BCUT2D eigenvalue weighted by Gasteiger charge is 2.18. The molecule has 3 heterocycles. The van der Waals surface area contributed by atoms with E-state index in [1.54, 1.807) is 12.4 Å². The molecule has 0 fully saturated rings.